The van der Waals surface area contributed by atoms with Crippen LogP contribution in [0, 0.1) is 11.7 Å². The third-order valence-electron chi connectivity index (χ3n) is 4.69. The first-order valence-corrected chi connectivity index (χ1v) is 9.37. The van der Waals surface area contributed by atoms with Gasteiger partial charge in [0.25, 0.3) is 0 Å². The summed E-state index contributed by atoms with van der Waals surface area (Å²) in [6.45, 7) is 0.372. The van der Waals surface area contributed by atoms with Crippen molar-refractivity contribution in [2.45, 2.75) is 38.6 Å². The lowest BCUT2D eigenvalue weighted by atomic mass is 9.88. The third-order valence-corrected chi connectivity index (χ3v) is 5.74. The molecular formula is C18H19FN4OS. The molecule has 0 aliphatic heterocycles. The van der Waals surface area contributed by atoms with Crippen LogP contribution in [0.4, 0.5) is 9.52 Å². The molecule has 1 aliphatic carbocycles. The molecule has 1 fully saturated rings. The number of carbonyl (C=O) groups excluding carboxylic acids is 1. The number of carbonyl (C=O) groups is 1. The Bertz CT molecular complexity index is 870. The van der Waals surface area contributed by atoms with E-state index in [0.29, 0.717) is 17.2 Å². The maximum atomic E-state index is 14.0. The van der Waals surface area contributed by atoms with Crippen LogP contribution in [0.3, 0.4) is 0 Å². The molecular weight excluding hydrogens is 339 g/mol. The Morgan fingerprint density at radius 3 is 2.88 bits per heavy atom. The number of nitrogens with zero attached hydrogens (tertiary/aromatic N) is 3. The lowest BCUT2D eigenvalue weighted by Crippen LogP contribution is -2.36. The number of nitrogens with one attached hydrogen (secondary N) is 1. The van der Waals surface area contributed by atoms with Gasteiger partial charge in [-0.05, 0) is 25.0 Å². The molecule has 0 unspecified atom stereocenters. The lowest BCUT2D eigenvalue weighted by Gasteiger charge is -2.27. The van der Waals surface area contributed by atoms with E-state index in [1.807, 2.05) is 6.07 Å². The highest BCUT2D eigenvalue weighted by Gasteiger charge is 2.29. The molecule has 7 heteroatoms. The van der Waals surface area contributed by atoms with Crippen molar-refractivity contribution in [3.05, 3.63) is 42.2 Å². The van der Waals surface area contributed by atoms with E-state index in [2.05, 4.69) is 15.0 Å². The fraction of sp³-hybridized carbons (Fsp3) is 0.389. The number of aromatic amines is 1. The van der Waals surface area contributed by atoms with Gasteiger partial charge >= 0.3 is 0 Å². The second-order valence-electron chi connectivity index (χ2n) is 6.42. The van der Waals surface area contributed by atoms with Crippen LogP contribution in [0.15, 0.2) is 30.7 Å². The molecule has 0 bridgehead atoms. The van der Waals surface area contributed by atoms with Crippen molar-refractivity contribution in [1.29, 1.82) is 0 Å². The molecule has 1 saturated carbocycles. The van der Waals surface area contributed by atoms with E-state index >= 15 is 0 Å². The first kappa shape index (κ1) is 16.2. The third kappa shape index (κ3) is 3.28. The van der Waals surface area contributed by atoms with Crippen molar-refractivity contribution in [2.75, 3.05) is 4.90 Å². The fourth-order valence-corrected chi connectivity index (χ4v) is 4.35. The first-order chi connectivity index (χ1) is 12.2. The zero-order valence-corrected chi connectivity index (χ0v) is 14.6. The number of hydrogen-bond donors (Lipinski definition) is 1. The van der Waals surface area contributed by atoms with Crippen molar-refractivity contribution < 1.29 is 9.18 Å². The highest BCUT2D eigenvalue weighted by atomic mass is 32.1. The Kier molecular flexibility index (Phi) is 4.48. The second kappa shape index (κ2) is 6.92. The molecule has 1 aliphatic rings. The van der Waals surface area contributed by atoms with Crippen LogP contribution < -0.4 is 4.90 Å². The van der Waals surface area contributed by atoms with Gasteiger partial charge in [0.15, 0.2) is 5.13 Å². The van der Waals surface area contributed by atoms with Gasteiger partial charge in [0, 0.05) is 12.1 Å². The highest BCUT2D eigenvalue weighted by molar-refractivity contribution is 7.22. The first-order valence-electron chi connectivity index (χ1n) is 8.56. The Morgan fingerprint density at radius 2 is 2.16 bits per heavy atom. The van der Waals surface area contributed by atoms with Crippen LogP contribution in [-0.2, 0) is 11.3 Å². The van der Waals surface area contributed by atoms with Crippen molar-refractivity contribution in [1.82, 2.24) is 15.0 Å². The predicted molar refractivity (Wildman–Crippen MR) is 95.9 cm³/mol. The van der Waals surface area contributed by atoms with Gasteiger partial charge in [0.05, 0.1) is 23.3 Å². The number of hydrogen-bond acceptors (Lipinski definition) is 4. The van der Waals surface area contributed by atoms with E-state index < -0.39 is 0 Å². The SMILES string of the molecule is O=C(C1CCCCC1)N(Cc1cnc[nH]1)c1nc2c(F)cccc2s1. The standard InChI is InChI=1S/C18H19FN4OS/c19-14-7-4-8-15-16(14)22-18(25-15)23(10-13-9-20-11-21-13)17(24)12-5-2-1-3-6-12/h4,7-9,11-12H,1-3,5-6,10H2,(H,20,21). The topological polar surface area (TPSA) is 61.9 Å². The molecule has 0 saturated heterocycles. The van der Waals surface area contributed by atoms with Gasteiger partial charge in [-0.15, -0.1) is 0 Å². The molecule has 0 spiro atoms. The van der Waals surface area contributed by atoms with Crippen molar-refractivity contribution in [3.8, 4) is 0 Å². The molecule has 25 heavy (non-hydrogen) atoms. The summed E-state index contributed by atoms with van der Waals surface area (Å²) in [6.07, 6.45) is 8.49. The highest BCUT2D eigenvalue weighted by Crippen LogP contribution is 2.34. The average molecular weight is 358 g/mol. The monoisotopic (exact) mass is 358 g/mol. The number of halogens is 1. The maximum Gasteiger partial charge on any atom is 0.232 e. The molecule has 1 aromatic carbocycles. The summed E-state index contributed by atoms with van der Waals surface area (Å²) in [5, 5.41) is 0.547. The number of anilines is 1. The number of rotatable bonds is 4. The molecule has 2 aromatic heterocycles. The number of fused-ring (bicyclic) bond motifs is 1. The quantitative estimate of drug-likeness (QED) is 0.757. The summed E-state index contributed by atoms with van der Waals surface area (Å²) >= 11 is 1.35. The number of para-hydroxylation sites is 1. The van der Waals surface area contributed by atoms with Gasteiger partial charge in [-0.25, -0.2) is 14.4 Å². The minimum atomic E-state index is -0.355. The molecule has 5 nitrogen and oxygen atoms in total. The van der Waals surface area contributed by atoms with E-state index in [4.69, 9.17) is 0 Å². The summed E-state index contributed by atoms with van der Waals surface area (Å²) < 4.78 is 14.8. The van der Waals surface area contributed by atoms with E-state index in [0.717, 1.165) is 36.1 Å². The van der Waals surface area contributed by atoms with E-state index in [1.54, 1.807) is 23.5 Å². The Morgan fingerprint density at radius 1 is 1.32 bits per heavy atom. The predicted octanol–water partition coefficient (Wildman–Crippen LogP) is 4.27. The zero-order valence-electron chi connectivity index (χ0n) is 13.7. The molecule has 1 N–H and O–H groups in total. The van der Waals surface area contributed by atoms with Crippen LogP contribution in [0.5, 0.6) is 0 Å². The summed E-state index contributed by atoms with van der Waals surface area (Å²) in [5.41, 5.74) is 1.16. The molecule has 2 heterocycles. The summed E-state index contributed by atoms with van der Waals surface area (Å²) in [4.78, 5) is 26.3. The van der Waals surface area contributed by atoms with E-state index in [9.17, 15) is 9.18 Å². The minimum absolute atomic E-state index is 0.0218. The molecule has 1 amide bonds. The van der Waals surface area contributed by atoms with Gasteiger partial charge in [0.1, 0.15) is 11.3 Å². The summed E-state index contributed by atoms with van der Waals surface area (Å²) in [5.74, 6) is -0.256. The molecule has 4 rings (SSSR count). The van der Waals surface area contributed by atoms with Gasteiger partial charge in [-0.3, -0.25) is 9.69 Å². The van der Waals surface area contributed by atoms with Crippen LogP contribution in [0.1, 0.15) is 37.8 Å². The smallest absolute Gasteiger partial charge is 0.232 e. The Balaban J connectivity index is 1.70. The summed E-state index contributed by atoms with van der Waals surface area (Å²) in [7, 11) is 0. The Labute approximate surface area is 148 Å². The molecule has 130 valence electrons. The number of thiazole rings is 1. The van der Waals surface area contributed by atoms with Crippen molar-refractivity contribution in [2.24, 2.45) is 5.92 Å². The van der Waals surface area contributed by atoms with Gasteiger partial charge in [-0.2, -0.15) is 0 Å². The van der Waals surface area contributed by atoms with Crippen LogP contribution in [0.2, 0.25) is 0 Å². The van der Waals surface area contributed by atoms with Crippen LogP contribution in [0.25, 0.3) is 10.2 Å². The molecule has 0 atom stereocenters. The fourth-order valence-electron chi connectivity index (χ4n) is 3.37. The van der Waals surface area contributed by atoms with Gasteiger partial charge in [0.2, 0.25) is 5.91 Å². The summed E-state index contributed by atoms with van der Waals surface area (Å²) in [6, 6.07) is 4.90. The van der Waals surface area contributed by atoms with E-state index in [1.165, 1.54) is 23.8 Å². The largest absolute Gasteiger partial charge is 0.347 e. The molecule has 3 aromatic rings. The van der Waals surface area contributed by atoms with Crippen molar-refractivity contribution in [3.63, 3.8) is 0 Å². The normalized spacial score (nSPS) is 15.6. The molecule has 0 radical (unpaired) electrons. The number of amides is 1. The number of H-pyrrole nitrogens is 1. The van der Waals surface area contributed by atoms with E-state index in [-0.39, 0.29) is 17.6 Å². The minimum Gasteiger partial charge on any atom is -0.347 e. The maximum absolute atomic E-state index is 14.0. The number of imidazole rings is 1. The van der Waals surface area contributed by atoms with Crippen LogP contribution >= 0.6 is 11.3 Å². The van der Waals surface area contributed by atoms with Gasteiger partial charge < -0.3 is 4.98 Å². The lowest BCUT2D eigenvalue weighted by molar-refractivity contribution is -0.123. The Hall–Kier alpha value is -2.28. The van der Waals surface area contributed by atoms with Crippen molar-refractivity contribution >= 4 is 32.6 Å². The zero-order chi connectivity index (χ0) is 17.2. The number of benzene rings is 1. The second-order valence-corrected chi connectivity index (χ2v) is 7.43. The van der Waals surface area contributed by atoms with Crippen LogP contribution in [-0.4, -0.2) is 20.9 Å². The van der Waals surface area contributed by atoms with Gasteiger partial charge in [-0.1, -0.05) is 36.7 Å². The number of aromatic nitrogens is 3. The average Bonchev–Trinajstić information content (AvgIpc) is 3.30.